The van der Waals surface area contributed by atoms with E-state index < -0.39 is 21.7 Å². The minimum atomic E-state index is -3.01. The summed E-state index contributed by atoms with van der Waals surface area (Å²) in [7, 11) is -3.01. The van der Waals surface area contributed by atoms with E-state index in [-0.39, 0.29) is 23.0 Å². The minimum Gasteiger partial charge on any atom is -0.382 e. The maximum absolute atomic E-state index is 15.1. The zero-order chi connectivity index (χ0) is 26.2. The highest BCUT2D eigenvalue weighted by molar-refractivity contribution is 7.91. The number of halogens is 1. The lowest BCUT2D eigenvalue weighted by Crippen LogP contribution is -2.39. The van der Waals surface area contributed by atoms with Crippen LogP contribution in [0.4, 0.5) is 26.5 Å². The fourth-order valence-electron chi connectivity index (χ4n) is 4.26. The fraction of sp³-hybridized carbons (Fsp3) is 0.250. The number of urea groups is 1. The van der Waals surface area contributed by atoms with Gasteiger partial charge >= 0.3 is 6.03 Å². The van der Waals surface area contributed by atoms with Gasteiger partial charge in [0, 0.05) is 31.4 Å². The van der Waals surface area contributed by atoms with Gasteiger partial charge in [-0.1, -0.05) is 6.07 Å². The van der Waals surface area contributed by atoms with E-state index in [4.69, 9.17) is 5.73 Å². The number of aromatic nitrogens is 4. The number of rotatable bonds is 5. The van der Waals surface area contributed by atoms with Gasteiger partial charge < -0.3 is 11.1 Å². The number of fused-ring (bicyclic) bond motifs is 1. The average molecular weight is 525 g/mol. The van der Waals surface area contributed by atoms with Crippen LogP contribution in [0.15, 0.2) is 48.9 Å². The second-order valence-electron chi connectivity index (χ2n) is 8.88. The Morgan fingerprint density at radius 3 is 2.62 bits per heavy atom. The van der Waals surface area contributed by atoms with Gasteiger partial charge in [-0.3, -0.25) is 10.2 Å². The van der Waals surface area contributed by atoms with E-state index in [2.05, 4.69) is 25.7 Å². The first-order valence-corrected chi connectivity index (χ1v) is 13.3. The molecule has 0 unspecified atom stereocenters. The highest BCUT2D eigenvalue weighted by Gasteiger charge is 2.24. The van der Waals surface area contributed by atoms with Crippen LogP contribution in [0.1, 0.15) is 11.3 Å². The van der Waals surface area contributed by atoms with Gasteiger partial charge in [0.05, 0.1) is 22.9 Å². The first-order chi connectivity index (χ1) is 17.7. The Balaban J connectivity index is 1.40. The number of anilines is 3. The average Bonchev–Trinajstić information content (AvgIpc) is 3.21. The largest absolute Gasteiger partial charge is 0.382 e. The summed E-state index contributed by atoms with van der Waals surface area (Å²) in [5.74, 6) is 0.151. The van der Waals surface area contributed by atoms with Crippen LogP contribution in [0.5, 0.6) is 0 Å². The monoisotopic (exact) mass is 524 g/mol. The van der Waals surface area contributed by atoms with Gasteiger partial charge in [-0.05, 0) is 48.4 Å². The summed E-state index contributed by atoms with van der Waals surface area (Å²) in [5, 5.41) is 9.40. The number of pyridine rings is 1. The third kappa shape index (κ3) is 5.37. The number of carbonyl (C=O) groups is 1. The van der Waals surface area contributed by atoms with E-state index >= 15 is 4.39 Å². The molecule has 1 fully saturated rings. The van der Waals surface area contributed by atoms with Crippen LogP contribution < -0.4 is 16.4 Å². The normalized spacial score (nSPS) is 15.5. The molecule has 3 aromatic heterocycles. The predicted molar refractivity (Wildman–Crippen MR) is 138 cm³/mol. The van der Waals surface area contributed by atoms with Crippen LogP contribution in [0.3, 0.4) is 0 Å². The summed E-state index contributed by atoms with van der Waals surface area (Å²) in [6, 6.07) is 9.16. The van der Waals surface area contributed by atoms with Gasteiger partial charge in [0.1, 0.15) is 23.5 Å². The number of nitrogens with two attached hydrogens (primary N) is 1. The molecule has 0 radical (unpaired) electrons. The Morgan fingerprint density at radius 1 is 1.11 bits per heavy atom. The van der Waals surface area contributed by atoms with Gasteiger partial charge in [-0.2, -0.15) is 5.10 Å². The lowest BCUT2D eigenvalue weighted by atomic mass is 10.1. The van der Waals surface area contributed by atoms with E-state index in [0.29, 0.717) is 42.1 Å². The summed E-state index contributed by atoms with van der Waals surface area (Å²) in [6.45, 7) is 3.15. The van der Waals surface area contributed by atoms with Crippen molar-refractivity contribution in [2.45, 2.75) is 13.5 Å². The Morgan fingerprint density at radius 2 is 1.89 bits per heavy atom. The second kappa shape index (κ2) is 9.75. The van der Waals surface area contributed by atoms with Crippen LogP contribution in [-0.4, -0.2) is 63.5 Å². The summed E-state index contributed by atoms with van der Waals surface area (Å²) in [6.07, 6.45) is 2.91. The van der Waals surface area contributed by atoms with Crippen LogP contribution in [0, 0.1) is 12.7 Å². The minimum absolute atomic E-state index is 0.00334. The first-order valence-electron chi connectivity index (χ1n) is 11.5. The molecule has 37 heavy (non-hydrogen) atoms. The van der Waals surface area contributed by atoms with Crippen LogP contribution >= 0.6 is 0 Å². The Hall–Kier alpha value is -4.10. The SMILES string of the molecule is Cc1ccnc(NC(=O)Nc2ccc(-c3cc(CN4CCS(=O)(=O)CC4)n4ncnc(N)c34)cc2F)c1. The Kier molecular flexibility index (Phi) is 6.48. The molecule has 4 heterocycles. The number of hydrogen-bond donors (Lipinski definition) is 3. The molecule has 0 saturated carbocycles. The maximum atomic E-state index is 15.1. The van der Waals surface area contributed by atoms with Gasteiger partial charge in [0.15, 0.2) is 15.7 Å². The van der Waals surface area contributed by atoms with E-state index in [1.165, 1.54) is 18.5 Å². The molecular formula is C24H25FN8O3S. The van der Waals surface area contributed by atoms with Crippen molar-refractivity contribution in [2.24, 2.45) is 0 Å². The van der Waals surface area contributed by atoms with E-state index in [0.717, 1.165) is 11.3 Å². The smallest absolute Gasteiger partial charge is 0.324 e. The number of nitrogen functional groups attached to an aromatic ring is 1. The van der Waals surface area contributed by atoms with Crippen molar-refractivity contribution in [3.63, 3.8) is 0 Å². The van der Waals surface area contributed by atoms with Crippen LogP contribution in [0.2, 0.25) is 0 Å². The molecule has 0 spiro atoms. The highest BCUT2D eigenvalue weighted by atomic mass is 32.2. The molecular weight excluding hydrogens is 499 g/mol. The van der Waals surface area contributed by atoms with Crippen molar-refractivity contribution >= 4 is 38.7 Å². The number of amides is 2. The molecule has 13 heteroatoms. The number of sulfone groups is 1. The second-order valence-corrected chi connectivity index (χ2v) is 11.2. The number of nitrogens with zero attached hydrogens (tertiary/aromatic N) is 5. The Bertz CT molecular complexity index is 1590. The molecule has 4 N–H and O–H groups in total. The van der Waals surface area contributed by atoms with Gasteiger partial charge in [0.25, 0.3) is 0 Å². The third-order valence-corrected chi connectivity index (χ3v) is 7.77. The molecule has 192 valence electrons. The number of aryl methyl sites for hydroxylation is 1. The highest BCUT2D eigenvalue weighted by Crippen LogP contribution is 2.33. The molecule has 5 rings (SSSR count). The van der Waals surface area contributed by atoms with E-state index in [1.54, 1.807) is 28.9 Å². The van der Waals surface area contributed by atoms with Crippen molar-refractivity contribution < 1.29 is 17.6 Å². The van der Waals surface area contributed by atoms with Gasteiger partial charge in [0.2, 0.25) is 0 Å². The Labute approximate surface area is 212 Å². The zero-order valence-electron chi connectivity index (χ0n) is 20.0. The van der Waals surface area contributed by atoms with Crippen molar-refractivity contribution in [1.29, 1.82) is 0 Å². The maximum Gasteiger partial charge on any atom is 0.324 e. The number of carbonyl (C=O) groups excluding carboxylic acids is 1. The van der Waals surface area contributed by atoms with Crippen molar-refractivity contribution in [2.75, 3.05) is 41.0 Å². The van der Waals surface area contributed by atoms with E-state index in [1.807, 2.05) is 17.9 Å². The number of benzene rings is 1. The quantitative estimate of drug-likeness (QED) is 0.361. The lowest BCUT2D eigenvalue weighted by molar-refractivity contribution is 0.262. The number of hydrogen-bond acceptors (Lipinski definition) is 8. The van der Waals surface area contributed by atoms with Gasteiger partial charge in [-0.15, -0.1) is 0 Å². The fourth-order valence-corrected chi connectivity index (χ4v) is 5.54. The summed E-state index contributed by atoms with van der Waals surface area (Å²) < 4.78 is 40.3. The van der Waals surface area contributed by atoms with Crippen molar-refractivity contribution in [3.8, 4) is 11.1 Å². The summed E-state index contributed by atoms with van der Waals surface area (Å²) in [5.41, 5.74) is 9.52. The standard InChI is InChI=1S/C24H25FN8O3S/c1-15-4-5-27-21(10-15)31-24(34)30-20-3-2-16(11-19(20)25)18-12-17(33-22(18)23(26)28-14-29-33)13-32-6-8-37(35,36)9-7-32/h2-5,10-12,14H,6-9,13H2,1H3,(H2,26,28,29)(H2,27,30,31,34). The number of nitrogens with one attached hydrogen (secondary N) is 2. The molecule has 1 aliphatic rings. The molecule has 1 aliphatic heterocycles. The molecule has 11 nitrogen and oxygen atoms in total. The van der Waals surface area contributed by atoms with Crippen molar-refractivity contribution in [3.05, 3.63) is 66.0 Å². The zero-order valence-corrected chi connectivity index (χ0v) is 20.8. The van der Waals surface area contributed by atoms with Crippen LogP contribution in [-0.2, 0) is 16.4 Å². The first kappa shape index (κ1) is 24.6. The van der Waals surface area contributed by atoms with E-state index in [9.17, 15) is 13.2 Å². The molecule has 0 bridgehead atoms. The molecule has 0 aliphatic carbocycles. The van der Waals surface area contributed by atoms with Crippen molar-refractivity contribution in [1.82, 2.24) is 24.5 Å². The molecule has 4 aromatic rings. The van der Waals surface area contributed by atoms with Crippen LogP contribution in [0.25, 0.3) is 16.6 Å². The molecule has 1 saturated heterocycles. The lowest BCUT2D eigenvalue weighted by Gasteiger charge is -2.26. The molecule has 2 amide bonds. The summed E-state index contributed by atoms with van der Waals surface area (Å²) >= 11 is 0. The third-order valence-electron chi connectivity index (χ3n) is 6.16. The molecule has 0 atom stereocenters. The molecule has 1 aromatic carbocycles. The topological polar surface area (TPSA) is 148 Å². The predicted octanol–water partition coefficient (Wildman–Crippen LogP) is 2.70. The van der Waals surface area contributed by atoms with Gasteiger partial charge in [-0.25, -0.2) is 32.1 Å². The summed E-state index contributed by atoms with van der Waals surface area (Å²) in [4.78, 5) is 22.5.